The van der Waals surface area contributed by atoms with E-state index in [1.54, 1.807) is 5.57 Å². The van der Waals surface area contributed by atoms with Crippen molar-refractivity contribution in [3.63, 3.8) is 0 Å². The van der Waals surface area contributed by atoms with Crippen LogP contribution >= 0.6 is 0 Å². The van der Waals surface area contributed by atoms with Gasteiger partial charge in [-0.05, 0) is 83.8 Å². The number of hydrogen-bond acceptors (Lipinski definition) is 2. The smallest absolute Gasteiger partial charge is 0.220 e. The maximum Gasteiger partial charge on any atom is 0.220 e. The van der Waals surface area contributed by atoms with Gasteiger partial charge in [0.2, 0.25) is 5.91 Å². The third-order valence-corrected chi connectivity index (χ3v) is 8.72. The molecule has 26 heavy (non-hydrogen) atoms. The van der Waals surface area contributed by atoms with Gasteiger partial charge in [0.1, 0.15) is 0 Å². The Morgan fingerprint density at radius 2 is 2.08 bits per heavy atom. The average molecular weight is 351 g/mol. The van der Waals surface area contributed by atoms with E-state index in [2.05, 4.69) is 42.4 Å². The highest BCUT2D eigenvalue weighted by Crippen LogP contribution is 2.65. The van der Waals surface area contributed by atoms with Gasteiger partial charge in [0, 0.05) is 25.4 Å². The van der Waals surface area contributed by atoms with E-state index in [9.17, 15) is 4.79 Å². The van der Waals surface area contributed by atoms with Gasteiger partial charge in [-0.25, -0.2) is 0 Å². The van der Waals surface area contributed by atoms with Crippen molar-refractivity contribution < 1.29 is 4.79 Å². The summed E-state index contributed by atoms with van der Waals surface area (Å²) in [7, 11) is 0. The Hall–Kier alpha value is -1.64. The molecule has 0 bridgehead atoms. The first kappa shape index (κ1) is 16.5. The van der Waals surface area contributed by atoms with Gasteiger partial charge in [-0.1, -0.05) is 26.0 Å². The molecule has 0 unspecified atom stereocenters. The number of carbonyl (C=O) groups excluding carboxylic acids is 1. The molecule has 138 valence electrons. The van der Waals surface area contributed by atoms with E-state index < -0.39 is 0 Å². The molecular formula is C23H30N2O. The fourth-order valence-electron chi connectivity index (χ4n) is 7.27. The minimum absolute atomic E-state index is 0.271. The SMILES string of the molecule is C[C@]12CNC(=O)C[C@@H]1CC[C@@H]1[C@@H]2CC[C@]2(C)C(c3cccnc3)=CC[C@@H]12. The Bertz CT molecular complexity index is 757. The van der Waals surface area contributed by atoms with Gasteiger partial charge < -0.3 is 5.32 Å². The zero-order valence-electron chi connectivity index (χ0n) is 16.0. The molecule has 3 aliphatic carbocycles. The molecule has 2 heterocycles. The molecule has 6 atom stereocenters. The molecular weight excluding hydrogens is 320 g/mol. The van der Waals surface area contributed by atoms with Crippen molar-refractivity contribution in [1.29, 1.82) is 0 Å². The molecule has 1 saturated heterocycles. The summed E-state index contributed by atoms with van der Waals surface area (Å²) in [5, 5.41) is 3.20. The van der Waals surface area contributed by atoms with Crippen LogP contribution in [0.3, 0.4) is 0 Å². The zero-order valence-corrected chi connectivity index (χ0v) is 16.0. The van der Waals surface area contributed by atoms with Crippen molar-refractivity contribution >= 4 is 11.5 Å². The van der Waals surface area contributed by atoms with Crippen molar-refractivity contribution in [2.45, 2.75) is 52.4 Å². The van der Waals surface area contributed by atoms with Gasteiger partial charge >= 0.3 is 0 Å². The minimum atomic E-state index is 0.271. The predicted octanol–water partition coefficient (Wildman–Crippen LogP) is 4.45. The number of amides is 1. The Kier molecular flexibility index (Phi) is 3.61. The lowest BCUT2D eigenvalue weighted by atomic mass is 9.46. The molecule has 1 aliphatic heterocycles. The minimum Gasteiger partial charge on any atom is -0.356 e. The second-order valence-electron chi connectivity index (χ2n) is 9.69. The van der Waals surface area contributed by atoms with Crippen LogP contribution in [0.2, 0.25) is 0 Å². The van der Waals surface area contributed by atoms with Crippen LogP contribution in [0.25, 0.3) is 5.57 Å². The van der Waals surface area contributed by atoms with E-state index in [1.807, 2.05) is 12.4 Å². The van der Waals surface area contributed by atoms with Crippen molar-refractivity contribution in [1.82, 2.24) is 10.3 Å². The van der Waals surface area contributed by atoms with Gasteiger partial charge in [-0.2, -0.15) is 0 Å². The predicted molar refractivity (Wildman–Crippen MR) is 103 cm³/mol. The van der Waals surface area contributed by atoms with Gasteiger partial charge in [-0.15, -0.1) is 0 Å². The number of nitrogens with one attached hydrogen (secondary N) is 1. The molecule has 3 heteroatoms. The Balaban J connectivity index is 1.45. The Morgan fingerprint density at radius 1 is 1.19 bits per heavy atom. The van der Waals surface area contributed by atoms with Crippen LogP contribution in [-0.2, 0) is 4.79 Å². The first-order valence-corrected chi connectivity index (χ1v) is 10.4. The van der Waals surface area contributed by atoms with Gasteiger partial charge in [0.25, 0.3) is 0 Å². The van der Waals surface area contributed by atoms with Crippen LogP contribution in [0.5, 0.6) is 0 Å². The number of fused-ring (bicyclic) bond motifs is 5. The molecule has 5 rings (SSSR count). The summed E-state index contributed by atoms with van der Waals surface area (Å²) in [6, 6.07) is 4.29. The van der Waals surface area contributed by atoms with Crippen molar-refractivity contribution in [2.24, 2.45) is 34.5 Å². The molecule has 1 aromatic rings. The quantitative estimate of drug-likeness (QED) is 0.813. The number of pyridine rings is 1. The van der Waals surface area contributed by atoms with Gasteiger partial charge in [-0.3, -0.25) is 9.78 Å². The first-order valence-electron chi connectivity index (χ1n) is 10.4. The molecule has 2 saturated carbocycles. The largest absolute Gasteiger partial charge is 0.356 e. The monoisotopic (exact) mass is 350 g/mol. The van der Waals surface area contributed by atoms with Crippen LogP contribution in [0.15, 0.2) is 30.6 Å². The second-order valence-corrected chi connectivity index (χ2v) is 9.69. The van der Waals surface area contributed by atoms with Crippen LogP contribution in [0, 0.1) is 34.5 Å². The number of hydrogen-bond donors (Lipinski definition) is 1. The molecule has 4 aliphatic rings. The summed E-state index contributed by atoms with van der Waals surface area (Å²) in [6.07, 6.45) is 13.5. The molecule has 1 amide bonds. The lowest BCUT2D eigenvalue weighted by molar-refractivity contribution is -0.137. The summed E-state index contributed by atoms with van der Waals surface area (Å²) < 4.78 is 0. The number of rotatable bonds is 1. The summed E-state index contributed by atoms with van der Waals surface area (Å²) in [4.78, 5) is 16.3. The van der Waals surface area contributed by atoms with Crippen LogP contribution in [0.1, 0.15) is 57.9 Å². The number of nitrogens with zero attached hydrogens (tertiary/aromatic N) is 1. The van der Waals surface area contributed by atoms with E-state index >= 15 is 0 Å². The highest BCUT2D eigenvalue weighted by atomic mass is 16.1. The highest BCUT2D eigenvalue weighted by molar-refractivity contribution is 5.77. The Labute approximate surface area is 156 Å². The molecule has 1 aromatic heterocycles. The van der Waals surface area contributed by atoms with Crippen molar-refractivity contribution in [3.05, 3.63) is 36.2 Å². The van der Waals surface area contributed by atoms with Crippen LogP contribution < -0.4 is 5.32 Å². The fourth-order valence-corrected chi connectivity index (χ4v) is 7.27. The molecule has 3 fully saturated rings. The summed E-state index contributed by atoms with van der Waals surface area (Å²) in [5.74, 6) is 3.19. The topological polar surface area (TPSA) is 42.0 Å². The van der Waals surface area contributed by atoms with E-state index in [-0.39, 0.29) is 5.91 Å². The average Bonchev–Trinajstić information content (AvgIpc) is 3.00. The van der Waals surface area contributed by atoms with Crippen molar-refractivity contribution in [3.8, 4) is 0 Å². The normalized spacial score (nSPS) is 44.4. The first-order chi connectivity index (χ1) is 12.5. The van der Waals surface area contributed by atoms with E-state index in [1.165, 1.54) is 37.7 Å². The molecule has 0 spiro atoms. The second kappa shape index (κ2) is 5.68. The van der Waals surface area contributed by atoms with Crippen molar-refractivity contribution in [2.75, 3.05) is 6.54 Å². The number of allylic oxidation sites excluding steroid dienone is 2. The van der Waals surface area contributed by atoms with E-state index in [0.29, 0.717) is 16.7 Å². The summed E-state index contributed by atoms with van der Waals surface area (Å²) in [6.45, 7) is 5.88. The van der Waals surface area contributed by atoms with Crippen LogP contribution in [0.4, 0.5) is 0 Å². The Morgan fingerprint density at radius 3 is 2.88 bits per heavy atom. The fraction of sp³-hybridized carbons (Fsp3) is 0.652. The lowest BCUT2D eigenvalue weighted by Gasteiger charge is -2.60. The molecule has 3 nitrogen and oxygen atoms in total. The summed E-state index contributed by atoms with van der Waals surface area (Å²) >= 11 is 0. The molecule has 1 N–H and O–H groups in total. The third kappa shape index (κ3) is 2.18. The molecule has 0 aromatic carbocycles. The zero-order chi connectivity index (χ0) is 17.9. The number of aromatic nitrogens is 1. The number of carbonyl (C=O) groups is 1. The van der Waals surface area contributed by atoms with Crippen LogP contribution in [-0.4, -0.2) is 17.4 Å². The lowest BCUT2D eigenvalue weighted by Crippen LogP contribution is -2.58. The van der Waals surface area contributed by atoms with Gasteiger partial charge in [0.15, 0.2) is 0 Å². The standard InChI is InChI=1S/C23H30N2O/c1-22-10-9-20-17(6-5-16-12-21(26)25-14-23(16,20)2)19(22)8-7-18(22)15-4-3-11-24-13-15/h3-4,7,11,13,16-17,19-20H,5-6,8-10,12,14H2,1-2H3,(H,25,26)/t16-,17-,19-,20-,22+,23-/m0/s1. The third-order valence-electron chi connectivity index (χ3n) is 8.72. The van der Waals surface area contributed by atoms with E-state index in [0.717, 1.165) is 30.7 Å². The van der Waals surface area contributed by atoms with Gasteiger partial charge in [0.05, 0.1) is 0 Å². The summed E-state index contributed by atoms with van der Waals surface area (Å²) in [5.41, 5.74) is 3.46. The maximum absolute atomic E-state index is 11.9. The highest BCUT2D eigenvalue weighted by Gasteiger charge is 2.58. The van der Waals surface area contributed by atoms with E-state index in [4.69, 9.17) is 0 Å². The number of piperidine rings is 1. The maximum atomic E-state index is 11.9. The molecule has 0 radical (unpaired) electrons.